The van der Waals surface area contributed by atoms with Crippen molar-refractivity contribution in [3.05, 3.63) is 35.5 Å². The Morgan fingerprint density at radius 3 is 1.84 bits per heavy atom. The molecule has 2 N–H and O–H groups in total. The molecule has 5 heteroatoms. The third-order valence-electron chi connectivity index (χ3n) is 4.99. The first-order chi connectivity index (χ1) is 14.4. The number of hydrogen-bond acceptors (Lipinski definition) is 4. The van der Waals surface area contributed by atoms with Crippen LogP contribution >= 0.6 is 0 Å². The number of carbonyl (C=O) groups is 1. The molecule has 0 atom stereocenters. The van der Waals surface area contributed by atoms with Gasteiger partial charge in [-0.2, -0.15) is 0 Å². The molecule has 178 valence electrons. The number of carbonyl (C=O) groups excluding carboxylic acids is 1. The van der Waals surface area contributed by atoms with Crippen LogP contribution in [-0.2, 0) is 0 Å². The fourth-order valence-corrected chi connectivity index (χ4v) is 4.79. The van der Waals surface area contributed by atoms with Gasteiger partial charge in [0.1, 0.15) is 0 Å². The summed E-state index contributed by atoms with van der Waals surface area (Å²) in [5.74, 6) is 0.632. The summed E-state index contributed by atoms with van der Waals surface area (Å²) in [6, 6.07) is 7.97. The Morgan fingerprint density at radius 2 is 1.34 bits per heavy atom. The van der Waals surface area contributed by atoms with Gasteiger partial charge in [0, 0.05) is 16.6 Å². The maximum Gasteiger partial charge on any atom is 0.276 e. The van der Waals surface area contributed by atoms with Crippen molar-refractivity contribution in [1.29, 1.82) is 0 Å². The second kappa shape index (κ2) is 8.92. The molecule has 2 rings (SSSR count). The molecular weight excluding hydrogens is 398 g/mol. The van der Waals surface area contributed by atoms with Gasteiger partial charge in [-0.3, -0.25) is 4.79 Å². The van der Waals surface area contributed by atoms with Crippen LogP contribution in [0.25, 0.3) is 11.5 Å². The molecule has 0 unspecified atom stereocenters. The molecule has 1 amide bonds. The average Bonchev–Trinajstić information content (AvgIpc) is 2.93. The van der Waals surface area contributed by atoms with Gasteiger partial charge in [-0.15, -0.1) is 0 Å². The second-order valence-electron chi connectivity index (χ2n) is 12.9. The summed E-state index contributed by atoms with van der Waals surface area (Å²) < 4.78 is 6.14. The van der Waals surface area contributed by atoms with Crippen molar-refractivity contribution in [2.24, 2.45) is 10.8 Å². The zero-order valence-corrected chi connectivity index (χ0v) is 22.0. The van der Waals surface area contributed by atoms with Crippen LogP contribution in [0.4, 0.5) is 5.88 Å². The third kappa shape index (κ3) is 7.99. The minimum Gasteiger partial charge on any atom is -0.420 e. The first-order valence-electron chi connectivity index (χ1n) is 11.5. The van der Waals surface area contributed by atoms with Gasteiger partial charge >= 0.3 is 0 Å². The molecule has 0 saturated carbocycles. The largest absolute Gasteiger partial charge is 0.420 e. The van der Waals surface area contributed by atoms with Gasteiger partial charge in [0.2, 0.25) is 11.8 Å². The monoisotopic (exact) mass is 441 g/mol. The summed E-state index contributed by atoms with van der Waals surface area (Å²) >= 11 is 0. The number of oxazole rings is 1. The number of nitrogens with zero attached hydrogens (tertiary/aromatic N) is 1. The van der Waals surface area contributed by atoms with E-state index in [9.17, 15) is 4.79 Å². The summed E-state index contributed by atoms with van der Waals surface area (Å²) in [5.41, 5.74) is 1.85. The number of aromatic nitrogens is 1. The lowest BCUT2D eigenvalue weighted by atomic mass is 9.81. The highest BCUT2D eigenvalue weighted by atomic mass is 16.4. The highest BCUT2D eigenvalue weighted by Crippen LogP contribution is 2.34. The molecule has 0 saturated heterocycles. The Kier molecular flexibility index (Phi) is 7.23. The molecule has 32 heavy (non-hydrogen) atoms. The summed E-state index contributed by atoms with van der Waals surface area (Å²) in [6.07, 6.45) is 1.74. The number of hydrogen-bond donors (Lipinski definition) is 2. The summed E-state index contributed by atoms with van der Waals surface area (Å²) in [4.78, 5) is 18.0. The lowest BCUT2D eigenvalue weighted by molar-refractivity contribution is 0.0887. The average molecular weight is 442 g/mol. The van der Waals surface area contributed by atoms with Crippen LogP contribution in [0.3, 0.4) is 0 Å². The van der Waals surface area contributed by atoms with Crippen LogP contribution in [0.1, 0.15) is 98.1 Å². The molecule has 0 spiro atoms. The number of anilines is 1. The van der Waals surface area contributed by atoms with Crippen molar-refractivity contribution in [1.82, 2.24) is 10.3 Å². The molecular formula is C27H43N3O2. The van der Waals surface area contributed by atoms with E-state index in [-0.39, 0.29) is 27.8 Å². The smallest absolute Gasteiger partial charge is 0.276 e. The van der Waals surface area contributed by atoms with Gasteiger partial charge < -0.3 is 15.1 Å². The number of nitrogens with one attached hydrogen (secondary N) is 2. The quantitative estimate of drug-likeness (QED) is 0.476. The fourth-order valence-electron chi connectivity index (χ4n) is 4.79. The Morgan fingerprint density at radius 1 is 0.844 bits per heavy atom. The van der Waals surface area contributed by atoms with Gasteiger partial charge in [-0.25, -0.2) is 4.98 Å². The lowest BCUT2D eigenvalue weighted by Crippen LogP contribution is -2.46. The Labute approximate surface area is 194 Å². The molecule has 0 fully saturated rings. The van der Waals surface area contributed by atoms with Crippen molar-refractivity contribution in [2.45, 2.75) is 100 Å². The van der Waals surface area contributed by atoms with Gasteiger partial charge in [0.15, 0.2) is 5.69 Å². The number of amides is 1. The highest BCUT2D eigenvalue weighted by molar-refractivity contribution is 5.97. The number of benzene rings is 1. The van der Waals surface area contributed by atoms with Crippen LogP contribution in [0, 0.1) is 17.8 Å². The number of rotatable bonds is 7. The zero-order chi connectivity index (χ0) is 24.5. The zero-order valence-electron chi connectivity index (χ0n) is 22.0. The third-order valence-corrected chi connectivity index (χ3v) is 4.99. The van der Waals surface area contributed by atoms with Gasteiger partial charge in [-0.05, 0) is 70.4 Å². The Hall–Kier alpha value is -2.30. The minimum atomic E-state index is -0.378. The molecule has 1 aromatic carbocycles. The topological polar surface area (TPSA) is 67.2 Å². The van der Waals surface area contributed by atoms with Crippen molar-refractivity contribution < 1.29 is 9.21 Å². The van der Waals surface area contributed by atoms with E-state index in [0.717, 1.165) is 24.0 Å². The van der Waals surface area contributed by atoms with Crippen molar-refractivity contribution >= 4 is 11.8 Å². The molecule has 1 aromatic heterocycles. The van der Waals surface area contributed by atoms with Crippen LogP contribution in [0.15, 0.2) is 28.7 Å². The van der Waals surface area contributed by atoms with Crippen LogP contribution in [0.5, 0.6) is 0 Å². The summed E-state index contributed by atoms with van der Waals surface area (Å²) in [7, 11) is 0. The molecule has 0 aliphatic heterocycles. The summed E-state index contributed by atoms with van der Waals surface area (Å²) in [5, 5.41) is 6.65. The van der Waals surface area contributed by atoms with E-state index in [2.05, 4.69) is 71.0 Å². The molecule has 0 aliphatic rings. The van der Waals surface area contributed by atoms with Crippen molar-refractivity contribution in [2.75, 3.05) is 5.32 Å². The van der Waals surface area contributed by atoms with E-state index < -0.39 is 0 Å². The fraction of sp³-hybridized carbons (Fsp3) is 0.630. The van der Waals surface area contributed by atoms with E-state index >= 15 is 0 Å². The molecule has 0 bridgehead atoms. The SMILES string of the molecule is Cc1ccc(-c2nc(C(=O)NC(C)(C)CC(C)(C)C)c(NC(C)(C)CC(C)(C)C)o2)cc1. The van der Waals surface area contributed by atoms with Gasteiger partial charge in [0.05, 0.1) is 0 Å². The first-order valence-corrected chi connectivity index (χ1v) is 11.5. The van der Waals surface area contributed by atoms with Crippen LogP contribution in [-0.4, -0.2) is 22.0 Å². The van der Waals surface area contributed by atoms with Crippen molar-refractivity contribution in [3.8, 4) is 11.5 Å². The van der Waals surface area contributed by atoms with Gasteiger partial charge in [0.25, 0.3) is 5.91 Å². The maximum absolute atomic E-state index is 13.4. The molecule has 1 heterocycles. The normalized spacial score (nSPS) is 13.2. The summed E-state index contributed by atoms with van der Waals surface area (Å²) in [6.45, 7) is 23.5. The van der Waals surface area contributed by atoms with Crippen LogP contribution < -0.4 is 10.6 Å². The van der Waals surface area contributed by atoms with E-state index in [0.29, 0.717) is 17.5 Å². The maximum atomic E-state index is 13.4. The van der Waals surface area contributed by atoms with E-state index in [1.165, 1.54) is 0 Å². The predicted octanol–water partition coefficient (Wildman–Crippen LogP) is 7.22. The van der Waals surface area contributed by atoms with Gasteiger partial charge in [-0.1, -0.05) is 59.2 Å². The second-order valence-corrected chi connectivity index (χ2v) is 12.9. The van der Waals surface area contributed by atoms with Crippen molar-refractivity contribution in [3.63, 3.8) is 0 Å². The number of aryl methyl sites for hydroxylation is 1. The molecule has 0 aliphatic carbocycles. The first kappa shape index (κ1) is 26.0. The highest BCUT2D eigenvalue weighted by Gasteiger charge is 2.33. The molecule has 5 nitrogen and oxygen atoms in total. The van der Waals surface area contributed by atoms with E-state index in [4.69, 9.17) is 4.42 Å². The standard InChI is InChI=1S/C27H43N3O2/c1-18-12-14-19(15-13-18)22-28-20(21(31)29-26(8,9)16-24(2,3)4)23(32-22)30-27(10,11)17-25(5,6)7/h12-15,30H,16-17H2,1-11H3,(H,29,31). The lowest BCUT2D eigenvalue weighted by Gasteiger charge is -2.34. The van der Waals surface area contributed by atoms with E-state index in [1.807, 2.05) is 45.0 Å². The van der Waals surface area contributed by atoms with E-state index in [1.54, 1.807) is 0 Å². The predicted molar refractivity (Wildman–Crippen MR) is 134 cm³/mol. The Bertz CT molecular complexity index is 923. The van der Waals surface area contributed by atoms with Crippen LogP contribution in [0.2, 0.25) is 0 Å². The molecule has 0 radical (unpaired) electrons. The minimum absolute atomic E-state index is 0.0867. The Balaban J connectivity index is 2.42. The molecule has 2 aromatic rings.